The van der Waals surface area contributed by atoms with Crippen molar-refractivity contribution in [2.24, 2.45) is 0 Å². The van der Waals surface area contributed by atoms with Crippen molar-refractivity contribution in [3.05, 3.63) is 78.0 Å². The van der Waals surface area contributed by atoms with E-state index in [0.29, 0.717) is 0 Å². The van der Waals surface area contributed by atoms with Crippen molar-refractivity contribution in [1.29, 1.82) is 0 Å². The molecular formula is C24H26IrN-. The molecule has 0 aliphatic carbocycles. The number of unbranched alkanes of at least 4 members (excludes halogenated alkanes) is 3. The molecule has 1 radical (unpaired) electrons. The monoisotopic (exact) mass is 521 g/mol. The number of pyridine rings is 1. The van der Waals surface area contributed by atoms with Gasteiger partial charge in [0.05, 0.1) is 0 Å². The maximum absolute atomic E-state index is 4.51. The second-order valence-corrected chi connectivity index (χ2v) is 6.72. The quantitative estimate of drug-likeness (QED) is 0.251. The molecule has 1 nitrogen and oxygen atoms in total. The smallest absolute Gasteiger partial charge is 0.0190 e. The van der Waals surface area contributed by atoms with E-state index in [1.165, 1.54) is 54.4 Å². The molecule has 0 aliphatic heterocycles. The maximum atomic E-state index is 4.51. The number of aryl methyl sites for hydroxylation is 2. The first-order valence-corrected chi connectivity index (χ1v) is 9.30. The van der Waals surface area contributed by atoms with Crippen molar-refractivity contribution < 1.29 is 20.1 Å². The van der Waals surface area contributed by atoms with E-state index in [1.54, 1.807) is 0 Å². The van der Waals surface area contributed by atoms with Gasteiger partial charge in [-0.05, 0) is 42.1 Å². The zero-order valence-corrected chi connectivity index (χ0v) is 18.0. The standard InChI is InChI=1S/C24H26N.Ir/c1-3-4-5-6-8-20-12-14-21(15-13-20)22-9-7-10-23(17-22)24-16-11-19(2)18-25-24;/h7,9,11-18H,3-6,8H2,1-2H3;/q-1;. The molecule has 0 spiro atoms. The predicted octanol–water partition coefficient (Wildman–Crippen LogP) is 6.64. The fourth-order valence-corrected chi connectivity index (χ4v) is 3.04. The van der Waals surface area contributed by atoms with Crippen LogP contribution in [0.5, 0.6) is 0 Å². The van der Waals surface area contributed by atoms with Gasteiger partial charge in [-0.25, -0.2) is 0 Å². The van der Waals surface area contributed by atoms with E-state index in [0.717, 1.165) is 11.3 Å². The van der Waals surface area contributed by atoms with Crippen molar-refractivity contribution in [2.75, 3.05) is 0 Å². The molecule has 0 amide bonds. The first-order chi connectivity index (χ1) is 12.3. The molecule has 0 fully saturated rings. The van der Waals surface area contributed by atoms with Gasteiger partial charge < -0.3 is 4.98 Å². The molecule has 0 aliphatic rings. The first-order valence-electron chi connectivity index (χ1n) is 9.30. The molecule has 0 N–H and O–H groups in total. The van der Waals surface area contributed by atoms with Gasteiger partial charge in [-0.2, -0.15) is 0 Å². The Morgan fingerprint density at radius 3 is 2.38 bits per heavy atom. The van der Waals surface area contributed by atoms with Crippen LogP contribution in [0.25, 0.3) is 22.4 Å². The summed E-state index contributed by atoms with van der Waals surface area (Å²) >= 11 is 0. The van der Waals surface area contributed by atoms with Crippen LogP contribution in [0.4, 0.5) is 0 Å². The van der Waals surface area contributed by atoms with Gasteiger partial charge in [0.15, 0.2) is 0 Å². The van der Waals surface area contributed by atoms with Crippen LogP contribution in [0.15, 0.2) is 60.8 Å². The summed E-state index contributed by atoms with van der Waals surface area (Å²) in [7, 11) is 0. The number of benzene rings is 2. The van der Waals surface area contributed by atoms with E-state index in [-0.39, 0.29) is 20.1 Å². The Labute approximate surface area is 171 Å². The molecule has 137 valence electrons. The Hall–Kier alpha value is -1.76. The Morgan fingerprint density at radius 1 is 0.885 bits per heavy atom. The topological polar surface area (TPSA) is 12.9 Å². The first kappa shape index (κ1) is 20.6. The SMILES string of the molecule is CCCCCCc1ccc(-c2cc[c-]c(-c3ccc(C)cn3)c2)cc1.[Ir]. The van der Waals surface area contributed by atoms with E-state index in [9.17, 15) is 0 Å². The molecular weight excluding hydrogens is 494 g/mol. The Balaban J connectivity index is 0.00000243. The third kappa shape index (κ3) is 5.62. The fraction of sp³-hybridized carbons (Fsp3) is 0.292. The summed E-state index contributed by atoms with van der Waals surface area (Å²) in [6.45, 7) is 4.31. The van der Waals surface area contributed by atoms with Crippen LogP contribution in [0.3, 0.4) is 0 Å². The number of aromatic nitrogens is 1. The van der Waals surface area contributed by atoms with E-state index < -0.39 is 0 Å². The van der Waals surface area contributed by atoms with E-state index >= 15 is 0 Å². The maximum Gasteiger partial charge on any atom is 0.0190 e. The van der Waals surface area contributed by atoms with Gasteiger partial charge in [0.25, 0.3) is 0 Å². The van der Waals surface area contributed by atoms with Crippen LogP contribution in [0.2, 0.25) is 0 Å². The third-order valence-electron chi connectivity index (χ3n) is 4.60. The molecule has 2 aromatic carbocycles. The van der Waals surface area contributed by atoms with Crippen LogP contribution in [0, 0.1) is 13.0 Å². The van der Waals surface area contributed by atoms with Crippen molar-refractivity contribution in [2.45, 2.75) is 46.0 Å². The number of hydrogen-bond acceptors (Lipinski definition) is 1. The molecule has 0 bridgehead atoms. The second-order valence-electron chi connectivity index (χ2n) is 6.72. The summed E-state index contributed by atoms with van der Waals surface area (Å²) in [4.78, 5) is 4.51. The Morgan fingerprint density at radius 2 is 1.69 bits per heavy atom. The van der Waals surface area contributed by atoms with Crippen molar-refractivity contribution in [3.8, 4) is 22.4 Å². The Kier molecular flexibility index (Phi) is 8.22. The Bertz CT molecular complexity index is 791. The molecule has 0 unspecified atom stereocenters. The van der Waals surface area contributed by atoms with Crippen LogP contribution < -0.4 is 0 Å². The molecule has 1 heterocycles. The third-order valence-corrected chi connectivity index (χ3v) is 4.60. The van der Waals surface area contributed by atoms with Crippen molar-refractivity contribution in [1.82, 2.24) is 4.98 Å². The molecule has 2 heteroatoms. The van der Waals surface area contributed by atoms with Gasteiger partial charge in [0, 0.05) is 26.3 Å². The van der Waals surface area contributed by atoms with Crippen molar-refractivity contribution >= 4 is 0 Å². The average Bonchev–Trinajstić information content (AvgIpc) is 2.66. The second kappa shape index (κ2) is 10.4. The molecule has 0 atom stereocenters. The van der Waals surface area contributed by atoms with Gasteiger partial charge in [0.2, 0.25) is 0 Å². The fourth-order valence-electron chi connectivity index (χ4n) is 3.04. The predicted molar refractivity (Wildman–Crippen MR) is 107 cm³/mol. The zero-order valence-electron chi connectivity index (χ0n) is 15.6. The minimum atomic E-state index is 0. The summed E-state index contributed by atoms with van der Waals surface area (Å²) in [6.07, 6.45) is 8.34. The summed E-state index contributed by atoms with van der Waals surface area (Å²) in [5, 5.41) is 0. The largest absolute Gasteiger partial charge is 0.304 e. The summed E-state index contributed by atoms with van der Waals surface area (Å²) in [5.74, 6) is 0. The molecule has 1 aromatic heterocycles. The molecule has 0 saturated carbocycles. The van der Waals surface area contributed by atoms with Crippen LogP contribution in [-0.2, 0) is 26.5 Å². The van der Waals surface area contributed by atoms with Gasteiger partial charge in [-0.15, -0.1) is 35.4 Å². The molecule has 26 heavy (non-hydrogen) atoms. The van der Waals surface area contributed by atoms with Gasteiger partial charge in [-0.3, -0.25) is 0 Å². The van der Waals surface area contributed by atoms with Gasteiger partial charge in [0.1, 0.15) is 0 Å². The van der Waals surface area contributed by atoms with E-state index in [1.807, 2.05) is 12.3 Å². The zero-order chi connectivity index (χ0) is 17.5. The van der Waals surface area contributed by atoms with Gasteiger partial charge >= 0.3 is 0 Å². The molecule has 0 saturated heterocycles. The summed E-state index contributed by atoms with van der Waals surface area (Å²) < 4.78 is 0. The molecule has 3 rings (SSSR count). The van der Waals surface area contributed by atoms with E-state index in [4.69, 9.17) is 0 Å². The average molecular weight is 521 g/mol. The van der Waals surface area contributed by atoms with Crippen LogP contribution in [0.1, 0.15) is 43.7 Å². The summed E-state index contributed by atoms with van der Waals surface area (Å²) in [6, 6.07) is 22.7. The van der Waals surface area contributed by atoms with E-state index in [2.05, 4.69) is 73.4 Å². The van der Waals surface area contributed by atoms with Crippen LogP contribution >= 0.6 is 0 Å². The molecule has 3 aromatic rings. The number of rotatable bonds is 7. The normalized spacial score (nSPS) is 10.4. The number of hydrogen-bond donors (Lipinski definition) is 0. The number of nitrogens with zero attached hydrogens (tertiary/aromatic N) is 1. The van der Waals surface area contributed by atoms with Crippen LogP contribution in [-0.4, -0.2) is 4.98 Å². The minimum Gasteiger partial charge on any atom is -0.304 e. The summed E-state index contributed by atoms with van der Waals surface area (Å²) in [5.41, 5.74) is 7.09. The van der Waals surface area contributed by atoms with Gasteiger partial charge in [-0.1, -0.05) is 62.6 Å². The van der Waals surface area contributed by atoms with Crippen molar-refractivity contribution in [3.63, 3.8) is 0 Å². The minimum absolute atomic E-state index is 0.